The maximum Gasteiger partial charge on any atom is 0.215 e. The molecule has 3 N–H and O–H groups in total. The summed E-state index contributed by atoms with van der Waals surface area (Å²) in [5, 5.41) is 3.37. The molecule has 1 heterocycles. The van der Waals surface area contributed by atoms with Crippen molar-refractivity contribution >= 4 is 11.5 Å². The van der Waals surface area contributed by atoms with Crippen molar-refractivity contribution in [3.05, 3.63) is 12.1 Å². The van der Waals surface area contributed by atoms with Gasteiger partial charge in [-0.15, -0.1) is 0 Å². The quantitative estimate of drug-likeness (QED) is 0.855. The van der Waals surface area contributed by atoms with E-state index in [1.54, 1.807) is 13.2 Å². The predicted octanol–water partition coefficient (Wildman–Crippen LogP) is 3.30. The molecule has 0 saturated heterocycles. The van der Waals surface area contributed by atoms with Crippen LogP contribution in [0.1, 0.15) is 39.0 Å². The van der Waals surface area contributed by atoms with Crippen LogP contribution in [0.4, 0.5) is 11.5 Å². The zero-order valence-corrected chi connectivity index (χ0v) is 12.0. The number of ether oxygens (including phenoxy) is 1. The molecule has 1 aliphatic rings. The van der Waals surface area contributed by atoms with Crippen LogP contribution in [0.25, 0.3) is 0 Å². The number of nitrogens with one attached hydrogen (secondary N) is 1. The van der Waals surface area contributed by atoms with Gasteiger partial charge in [-0.25, -0.2) is 0 Å². The van der Waals surface area contributed by atoms with Gasteiger partial charge in [-0.1, -0.05) is 26.2 Å². The third-order valence-corrected chi connectivity index (χ3v) is 4.21. The first-order valence-electron chi connectivity index (χ1n) is 7.27. The largest absolute Gasteiger partial charge is 0.481 e. The molecule has 0 bridgehead atoms. The first-order chi connectivity index (χ1) is 9.22. The van der Waals surface area contributed by atoms with Crippen molar-refractivity contribution in [2.24, 2.45) is 11.8 Å². The third kappa shape index (κ3) is 3.75. The molecule has 0 radical (unpaired) electrons. The molecule has 0 aliphatic heterocycles. The van der Waals surface area contributed by atoms with E-state index in [2.05, 4.69) is 17.2 Å². The van der Waals surface area contributed by atoms with Crippen LogP contribution < -0.4 is 15.8 Å². The summed E-state index contributed by atoms with van der Waals surface area (Å²) in [7, 11) is 1.62. The minimum atomic E-state index is 0.603. The van der Waals surface area contributed by atoms with Gasteiger partial charge in [0, 0.05) is 12.6 Å². The minimum absolute atomic E-state index is 0.603. The summed E-state index contributed by atoms with van der Waals surface area (Å²) in [5.74, 6) is 3.04. The van der Waals surface area contributed by atoms with Crippen LogP contribution in [-0.4, -0.2) is 18.6 Å². The Morgan fingerprint density at radius 2 is 1.95 bits per heavy atom. The number of hydrogen-bond donors (Lipinski definition) is 2. The van der Waals surface area contributed by atoms with Crippen LogP contribution >= 0.6 is 0 Å². The zero-order valence-electron chi connectivity index (χ0n) is 12.0. The second-order valence-electron chi connectivity index (χ2n) is 5.47. The average Bonchev–Trinajstić information content (AvgIpc) is 2.47. The van der Waals surface area contributed by atoms with Crippen molar-refractivity contribution in [3.63, 3.8) is 0 Å². The van der Waals surface area contributed by atoms with E-state index in [1.807, 2.05) is 6.07 Å². The molecule has 1 saturated carbocycles. The summed E-state index contributed by atoms with van der Waals surface area (Å²) in [6.07, 6.45) is 6.68. The molecule has 1 aromatic rings. The Bertz CT molecular complexity index is 400. The summed E-state index contributed by atoms with van der Waals surface area (Å²) in [6.45, 7) is 3.25. The van der Waals surface area contributed by atoms with Crippen LogP contribution in [0, 0.1) is 11.8 Å². The highest BCUT2D eigenvalue weighted by Gasteiger charge is 2.20. The van der Waals surface area contributed by atoms with E-state index in [4.69, 9.17) is 10.5 Å². The maximum absolute atomic E-state index is 5.92. The van der Waals surface area contributed by atoms with Gasteiger partial charge in [-0.05, 0) is 30.7 Å². The Labute approximate surface area is 115 Å². The first kappa shape index (κ1) is 14.0. The number of aromatic nitrogens is 1. The van der Waals surface area contributed by atoms with E-state index in [1.165, 1.54) is 32.1 Å². The lowest BCUT2D eigenvalue weighted by Gasteiger charge is -2.28. The number of methoxy groups -OCH3 is 1. The van der Waals surface area contributed by atoms with Crippen LogP contribution in [0.3, 0.4) is 0 Å². The van der Waals surface area contributed by atoms with Crippen molar-refractivity contribution in [3.8, 4) is 5.88 Å². The summed E-state index contributed by atoms with van der Waals surface area (Å²) in [5.41, 5.74) is 6.61. The molecular formula is C15H25N3O. The highest BCUT2D eigenvalue weighted by molar-refractivity contribution is 5.61. The van der Waals surface area contributed by atoms with Gasteiger partial charge in [0.25, 0.3) is 0 Å². The Kier molecular flexibility index (Phi) is 4.88. The normalized spacial score (nSPS) is 23.1. The lowest BCUT2D eigenvalue weighted by atomic mass is 9.81. The fraction of sp³-hybridized carbons (Fsp3) is 0.667. The Morgan fingerprint density at radius 1 is 1.26 bits per heavy atom. The molecule has 0 spiro atoms. The number of anilines is 2. The molecule has 1 aromatic heterocycles. The third-order valence-electron chi connectivity index (χ3n) is 4.21. The highest BCUT2D eigenvalue weighted by atomic mass is 16.5. The van der Waals surface area contributed by atoms with Crippen molar-refractivity contribution in [1.82, 2.24) is 4.98 Å². The number of pyridine rings is 1. The van der Waals surface area contributed by atoms with Crippen molar-refractivity contribution in [2.75, 3.05) is 24.7 Å². The molecule has 1 fully saturated rings. The van der Waals surface area contributed by atoms with Crippen LogP contribution in [0.2, 0.25) is 0 Å². The van der Waals surface area contributed by atoms with E-state index >= 15 is 0 Å². The predicted molar refractivity (Wildman–Crippen MR) is 79.4 cm³/mol. The van der Waals surface area contributed by atoms with Crippen molar-refractivity contribution in [1.29, 1.82) is 0 Å². The number of rotatable bonds is 5. The number of nitrogens with two attached hydrogens (primary N) is 1. The Hall–Kier alpha value is -1.45. The number of hydrogen-bond acceptors (Lipinski definition) is 4. The van der Waals surface area contributed by atoms with Gasteiger partial charge in [0.2, 0.25) is 5.88 Å². The second-order valence-corrected chi connectivity index (χ2v) is 5.47. The zero-order chi connectivity index (χ0) is 13.7. The van der Waals surface area contributed by atoms with Gasteiger partial charge in [-0.3, -0.25) is 0 Å². The highest BCUT2D eigenvalue weighted by Crippen LogP contribution is 2.31. The monoisotopic (exact) mass is 263 g/mol. The van der Waals surface area contributed by atoms with Gasteiger partial charge in [0.1, 0.15) is 0 Å². The van der Waals surface area contributed by atoms with Gasteiger partial charge < -0.3 is 15.8 Å². The van der Waals surface area contributed by atoms with E-state index in [0.717, 1.165) is 24.2 Å². The molecule has 106 valence electrons. The van der Waals surface area contributed by atoms with Crippen molar-refractivity contribution < 1.29 is 4.74 Å². The molecule has 0 unspecified atom stereocenters. The molecule has 1 aliphatic carbocycles. The molecule has 0 aromatic carbocycles. The fourth-order valence-corrected chi connectivity index (χ4v) is 2.79. The first-order valence-corrected chi connectivity index (χ1v) is 7.27. The smallest absolute Gasteiger partial charge is 0.215 e. The number of nitrogens with zero attached hydrogens (tertiary/aromatic N) is 1. The number of nitrogen functional groups attached to an aromatic ring is 1. The summed E-state index contributed by atoms with van der Waals surface area (Å²) >= 11 is 0. The standard InChI is InChI=1S/C15H25N3O/c1-3-11-4-6-12(7-5-11)10-17-15-13(16)8-9-14(18-15)19-2/h8-9,11-12H,3-7,10,16H2,1-2H3,(H,17,18). The lowest BCUT2D eigenvalue weighted by molar-refractivity contribution is 0.278. The molecule has 0 amide bonds. The van der Waals surface area contributed by atoms with Crippen LogP contribution in [0.5, 0.6) is 5.88 Å². The van der Waals surface area contributed by atoms with Crippen molar-refractivity contribution in [2.45, 2.75) is 39.0 Å². The Morgan fingerprint density at radius 3 is 2.58 bits per heavy atom. The van der Waals surface area contributed by atoms with E-state index in [0.29, 0.717) is 11.6 Å². The fourth-order valence-electron chi connectivity index (χ4n) is 2.79. The SMILES string of the molecule is CCC1CCC(CNc2nc(OC)ccc2N)CC1. The Balaban J connectivity index is 1.85. The van der Waals surface area contributed by atoms with Crippen LogP contribution in [0.15, 0.2) is 12.1 Å². The maximum atomic E-state index is 5.92. The van der Waals surface area contributed by atoms with E-state index in [-0.39, 0.29) is 0 Å². The molecule has 0 atom stereocenters. The summed E-state index contributed by atoms with van der Waals surface area (Å²) in [4.78, 5) is 4.35. The van der Waals surface area contributed by atoms with E-state index in [9.17, 15) is 0 Å². The summed E-state index contributed by atoms with van der Waals surface area (Å²) < 4.78 is 5.12. The van der Waals surface area contributed by atoms with E-state index < -0.39 is 0 Å². The molecule has 2 rings (SSSR count). The molecule has 4 nitrogen and oxygen atoms in total. The molecule has 4 heteroatoms. The second kappa shape index (κ2) is 6.64. The molecule has 19 heavy (non-hydrogen) atoms. The van der Waals surface area contributed by atoms with Gasteiger partial charge in [0.05, 0.1) is 12.8 Å². The molecular weight excluding hydrogens is 238 g/mol. The minimum Gasteiger partial charge on any atom is -0.481 e. The van der Waals surface area contributed by atoms with Gasteiger partial charge >= 0.3 is 0 Å². The van der Waals surface area contributed by atoms with Gasteiger partial charge in [0.15, 0.2) is 5.82 Å². The van der Waals surface area contributed by atoms with Crippen LogP contribution in [-0.2, 0) is 0 Å². The lowest BCUT2D eigenvalue weighted by Crippen LogP contribution is -2.21. The van der Waals surface area contributed by atoms with Gasteiger partial charge in [-0.2, -0.15) is 4.98 Å². The summed E-state index contributed by atoms with van der Waals surface area (Å²) in [6, 6.07) is 3.62. The average molecular weight is 263 g/mol. The topological polar surface area (TPSA) is 60.2 Å².